The number of carbonyl (C=O) groups excluding carboxylic acids is 1. The first-order valence-electron chi connectivity index (χ1n) is 8.72. The molecule has 0 aliphatic rings. The van der Waals surface area contributed by atoms with Gasteiger partial charge in [0.15, 0.2) is 0 Å². The van der Waals surface area contributed by atoms with Crippen LogP contribution in [0.5, 0.6) is 0 Å². The molecule has 124 valence electrons. The zero-order valence-corrected chi connectivity index (χ0v) is 13.8. The lowest BCUT2D eigenvalue weighted by Gasteiger charge is -2.03. The highest BCUT2D eigenvalue weighted by atomic mass is 16.5. The van der Waals surface area contributed by atoms with Gasteiger partial charge >= 0.3 is 5.97 Å². The van der Waals surface area contributed by atoms with Crippen molar-refractivity contribution >= 4 is 5.97 Å². The lowest BCUT2D eigenvalue weighted by molar-refractivity contribution is -0.147. The van der Waals surface area contributed by atoms with Crippen molar-refractivity contribution in [3.63, 3.8) is 0 Å². The van der Waals surface area contributed by atoms with E-state index in [9.17, 15) is 4.79 Å². The molecule has 0 aromatic heterocycles. The first-order chi connectivity index (χ1) is 10.3. The number of carbonyl (C=O) groups is 1. The molecule has 0 spiro atoms. The normalized spacial score (nSPS) is 11.1. The van der Waals surface area contributed by atoms with Crippen LogP contribution >= 0.6 is 0 Å². The predicted octanol–water partition coefficient (Wildman–Crippen LogP) is 4.78. The van der Waals surface area contributed by atoms with Crippen molar-refractivity contribution < 1.29 is 14.6 Å². The van der Waals surface area contributed by atoms with Crippen molar-refractivity contribution in [3.05, 3.63) is 12.2 Å². The molecule has 0 amide bonds. The molecule has 0 radical (unpaired) electrons. The van der Waals surface area contributed by atoms with Crippen LogP contribution in [-0.4, -0.2) is 24.3 Å². The average molecular weight is 298 g/mol. The molecule has 0 unspecified atom stereocenters. The third-order valence-corrected chi connectivity index (χ3v) is 3.55. The summed E-state index contributed by atoms with van der Waals surface area (Å²) in [4.78, 5) is 10.7. The highest BCUT2D eigenvalue weighted by Crippen LogP contribution is 2.10. The van der Waals surface area contributed by atoms with E-state index in [1.54, 1.807) is 0 Å². The van der Waals surface area contributed by atoms with Crippen LogP contribution in [0.2, 0.25) is 0 Å². The number of ether oxygens (including phenoxy) is 1. The van der Waals surface area contributed by atoms with Crippen molar-refractivity contribution in [2.45, 2.75) is 84.0 Å². The Morgan fingerprint density at radius 3 is 1.95 bits per heavy atom. The first-order valence-corrected chi connectivity index (χ1v) is 8.72. The highest BCUT2D eigenvalue weighted by Gasteiger charge is 1.98. The molecule has 3 heteroatoms. The molecule has 0 saturated carbocycles. The van der Waals surface area contributed by atoms with Gasteiger partial charge in [-0.05, 0) is 25.7 Å². The van der Waals surface area contributed by atoms with Crippen molar-refractivity contribution in [1.29, 1.82) is 0 Å². The van der Waals surface area contributed by atoms with Gasteiger partial charge in [0.05, 0.1) is 6.61 Å². The third kappa shape index (κ3) is 17.1. The minimum atomic E-state index is -0.515. The lowest BCUT2D eigenvalue weighted by atomic mass is 10.1. The van der Waals surface area contributed by atoms with Crippen LogP contribution in [0.15, 0.2) is 12.2 Å². The molecule has 1 N–H and O–H groups in total. The van der Waals surface area contributed by atoms with Crippen molar-refractivity contribution in [2.75, 3.05) is 13.2 Å². The topological polar surface area (TPSA) is 46.5 Å². The maximum atomic E-state index is 10.7. The number of rotatable bonds is 15. The van der Waals surface area contributed by atoms with E-state index in [0.29, 0.717) is 6.61 Å². The zero-order valence-electron chi connectivity index (χ0n) is 13.8. The van der Waals surface area contributed by atoms with E-state index in [0.717, 1.165) is 12.8 Å². The molecule has 0 aromatic rings. The molecule has 0 aliphatic heterocycles. The molecular formula is C18H34O3. The standard InChI is InChI=1S/C18H34O3/c1-2-3-4-5-6-7-8-9-10-11-12-13-14-15-16-21-18(20)17-19/h5-6,19H,2-4,7-17H2,1H3/b6-5-. The summed E-state index contributed by atoms with van der Waals surface area (Å²) >= 11 is 0. The summed E-state index contributed by atoms with van der Waals surface area (Å²) in [5.74, 6) is -0.515. The summed E-state index contributed by atoms with van der Waals surface area (Å²) in [5.41, 5.74) is 0. The molecule has 0 rings (SSSR count). The Morgan fingerprint density at radius 2 is 1.38 bits per heavy atom. The predicted molar refractivity (Wildman–Crippen MR) is 88.3 cm³/mol. The summed E-state index contributed by atoms with van der Waals surface area (Å²) in [7, 11) is 0. The van der Waals surface area contributed by atoms with E-state index in [4.69, 9.17) is 9.84 Å². The van der Waals surface area contributed by atoms with E-state index in [1.165, 1.54) is 64.2 Å². The number of unbranched alkanes of at least 4 members (excludes halogenated alkanes) is 10. The molecule has 0 heterocycles. The fourth-order valence-electron chi connectivity index (χ4n) is 2.21. The van der Waals surface area contributed by atoms with E-state index in [1.807, 2.05) is 0 Å². The molecular weight excluding hydrogens is 264 g/mol. The minimum Gasteiger partial charge on any atom is -0.464 e. The van der Waals surface area contributed by atoms with E-state index in [2.05, 4.69) is 19.1 Å². The Kier molecular flexibility index (Phi) is 16.5. The molecule has 0 atom stereocenters. The van der Waals surface area contributed by atoms with Gasteiger partial charge in [-0.15, -0.1) is 0 Å². The zero-order chi connectivity index (χ0) is 15.6. The van der Waals surface area contributed by atoms with Gasteiger partial charge in [-0.1, -0.05) is 70.4 Å². The Hall–Kier alpha value is -0.830. The molecule has 0 aliphatic carbocycles. The number of aliphatic hydroxyl groups is 1. The van der Waals surface area contributed by atoms with Gasteiger partial charge < -0.3 is 9.84 Å². The minimum absolute atomic E-state index is 0.448. The monoisotopic (exact) mass is 298 g/mol. The summed E-state index contributed by atoms with van der Waals surface area (Å²) in [5, 5.41) is 8.47. The number of hydrogen-bond acceptors (Lipinski definition) is 3. The Bertz CT molecular complexity index is 249. The third-order valence-electron chi connectivity index (χ3n) is 3.55. The smallest absolute Gasteiger partial charge is 0.331 e. The van der Waals surface area contributed by atoms with Gasteiger partial charge in [-0.2, -0.15) is 0 Å². The number of esters is 1. The second kappa shape index (κ2) is 17.2. The summed E-state index contributed by atoms with van der Waals surface area (Å²) in [6, 6.07) is 0. The maximum Gasteiger partial charge on any atom is 0.331 e. The lowest BCUT2D eigenvalue weighted by Crippen LogP contribution is -2.09. The van der Waals surface area contributed by atoms with Crippen LogP contribution in [0.25, 0.3) is 0 Å². The second-order valence-electron chi connectivity index (χ2n) is 5.61. The Balaban J connectivity index is 3.06. The Morgan fingerprint density at radius 1 is 0.857 bits per heavy atom. The van der Waals surface area contributed by atoms with Crippen LogP contribution in [-0.2, 0) is 9.53 Å². The largest absolute Gasteiger partial charge is 0.464 e. The van der Waals surface area contributed by atoms with Gasteiger partial charge in [0.25, 0.3) is 0 Å². The molecule has 0 fully saturated rings. The van der Waals surface area contributed by atoms with E-state index < -0.39 is 12.6 Å². The highest BCUT2D eigenvalue weighted by molar-refractivity contribution is 5.70. The number of allylic oxidation sites excluding steroid dienone is 2. The molecule has 0 saturated heterocycles. The second-order valence-corrected chi connectivity index (χ2v) is 5.61. The summed E-state index contributed by atoms with van der Waals surface area (Å²) in [6.45, 7) is 2.17. The van der Waals surface area contributed by atoms with Crippen molar-refractivity contribution in [1.82, 2.24) is 0 Å². The van der Waals surface area contributed by atoms with Gasteiger partial charge in [0, 0.05) is 0 Å². The molecule has 21 heavy (non-hydrogen) atoms. The van der Waals surface area contributed by atoms with E-state index in [-0.39, 0.29) is 0 Å². The molecule has 3 nitrogen and oxygen atoms in total. The van der Waals surface area contributed by atoms with Crippen molar-refractivity contribution in [2.24, 2.45) is 0 Å². The van der Waals surface area contributed by atoms with Crippen LogP contribution in [0.4, 0.5) is 0 Å². The fourth-order valence-corrected chi connectivity index (χ4v) is 2.21. The van der Waals surface area contributed by atoms with Crippen LogP contribution in [0.1, 0.15) is 84.0 Å². The van der Waals surface area contributed by atoms with Crippen LogP contribution in [0.3, 0.4) is 0 Å². The summed E-state index contributed by atoms with van der Waals surface area (Å²) in [6.07, 6.45) is 19.6. The SMILES string of the molecule is CCCC/C=C\CCCCCCCCCCOC(=O)CO. The van der Waals surface area contributed by atoms with Crippen LogP contribution < -0.4 is 0 Å². The number of aliphatic hydroxyl groups excluding tert-OH is 1. The van der Waals surface area contributed by atoms with Gasteiger partial charge in [-0.3, -0.25) is 0 Å². The van der Waals surface area contributed by atoms with Gasteiger partial charge in [0.2, 0.25) is 0 Å². The van der Waals surface area contributed by atoms with Gasteiger partial charge in [0.1, 0.15) is 6.61 Å². The maximum absolute atomic E-state index is 10.7. The van der Waals surface area contributed by atoms with Gasteiger partial charge in [-0.25, -0.2) is 4.79 Å². The Labute approximate surface area is 130 Å². The number of hydrogen-bond donors (Lipinski definition) is 1. The first kappa shape index (κ1) is 20.2. The average Bonchev–Trinajstić information content (AvgIpc) is 2.50. The quantitative estimate of drug-likeness (QED) is 0.269. The molecule has 0 aromatic carbocycles. The van der Waals surface area contributed by atoms with Crippen LogP contribution in [0, 0.1) is 0 Å². The van der Waals surface area contributed by atoms with Crippen molar-refractivity contribution in [3.8, 4) is 0 Å². The fraction of sp³-hybridized carbons (Fsp3) is 0.833. The summed E-state index contributed by atoms with van der Waals surface area (Å²) < 4.78 is 4.80. The molecule has 0 bridgehead atoms. The van der Waals surface area contributed by atoms with E-state index >= 15 is 0 Å².